The number of furan rings is 1. The van der Waals surface area contributed by atoms with Crippen LogP contribution in [0.3, 0.4) is 0 Å². The van der Waals surface area contributed by atoms with Crippen LogP contribution in [-0.2, 0) is 6.54 Å². The monoisotopic (exact) mass is 461 g/mol. The number of hydrogen-bond donors (Lipinski definition) is 3. The van der Waals surface area contributed by atoms with Gasteiger partial charge in [0.1, 0.15) is 12.3 Å². The van der Waals surface area contributed by atoms with Crippen LogP contribution in [-0.4, -0.2) is 49.0 Å². The summed E-state index contributed by atoms with van der Waals surface area (Å²) in [5.41, 5.74) is 5.18. The maximum Gasteiger partial charge on any atom is 0.284 e. The van der Waals surface area contributed by atoms with Crippen LogP contribution in [0.1, 0.15) is 36.1 Å². The number of guanidine groups is 1. The maximum absolute atomic E-state index is 11.0. The Morgan fingerprint density at radius 3 is 2.76 bits per heavy atom. The number of likely N-dealkylation sites (tertiary alicyclic amines) is 1. The number of amides is 1. The number of aliphatic imine (C=N–C) groups is 1. The molecule has 1 aliphatic heterocycles. The third-order valence-electron chi connectivity index (χ3n) is 3.96. The highest BCUT2D eigenvalue weighted by atomic mass is 127. The first-order valence-corrected chi connectivity index (χ1v) is 8.39. The molecule has 2 rings (SSSR count). The summed E-state index contributed by atoms with van der Waals surface area (Å²) in [4.78, 5) is 18.0. The second-order valence-corrected chi connectivity index (χ2v) is 5.83. The van der Waals surface area contributed by atoms with Gasteiger partial charge in [0.25, 0.3) is 5.91 Å². The van der Waals surface area contributed by atoms with Gasteiger partial charge in [-0.3, -0.25) is 9.69 Å². The molecule has 25 heavy (non-hydrogen) atoms. The van der Waals surface area contributed by atoms with E-state index in [-0.39, 0.29) is 29.7 Å². The van der Waals surface area contributed by atoms with Crippen LogP contribution < -0.4 is 16.4 Å². The summed E-state index contributed by atoms with van der Waals surface area (Å²) in [5.74, 6) is 0.966. The molecule has 7 nitrogen and oxygen atoms in total. The fraction of sp³-hybridized carbons (Fsp3) is 0.529. The van der Waals surface area contributed by atoms with Crippen molar-refractivity contribution < 1.29 is 9.21 Å². The lowest BCUT2D eigenvalue weighted by Gasteiger charge is -2.32. The van der Waals surface area contributed by atoms with Crippen LogP contribution in [0.15, 0.2) is 34.2 Å². The molecular formula is C17H28IN5O2. The van der Waals surface area contributed by atoms with E-state index in [1.165, 1.54) is 0 Å². The first-order valence-electron chi connectivity index (χ1n) is 8.39. The van der Waals surface area contributed by atoms with Crippen molar-refractivity contribution in [3.8, 4) is 0 Å². The van der Waals surface area contributed by atoms with Crippen molar-refractivity contribution in [2.45, 2.75) is 32.4 Å². The topological polar surface area (TPSA) is 95.9 Å². The van der Waals surface area contributed by atoms with E-state index >= 15 is 0 Å². The molecule has 2 heterocycles. The van der Waals surface area contributed by atoms with Crippen molar-refractivity contribution in [1.29, 1.82) is 0 Å². The number of nitrogens with one attached hydrogen (secondary N) is 2. The molecule has 0 atom stereocenters. The molecule has 0 spiro atoms. The van der Waals surface area contributed by atoms with Crippen LogP contribution in [0.25, 0.3) is 0 Å². The van der Waals surface area contributed by atoms with Crippen LogP contribution in [0, 0.1) is 0 Å². The zero-order chi connectivity index (χ0) is 17.4. The van der Waals surface area contributed by atoms with Gasteiger partial charge < -0.3 is 20.8 Å². The smallest absolute Gasteiger partial charge is 0.284 e. The van der Waals surface area contributed by atoms with E-state index in [1.54, 1.807) is 12.1 Å². The Balaban J connectivity index is 0.00000312. The second-order valence-electron chi connectivity index (χ2n) is 5.83. The quantitative estimate of drug-likeness (QED) is 0.249. The molecule has 0 aliphatic carbocycles. The summed E-state index contributed by atoms with van der Waals surface area (Å²) in [6.07, 6.45) is 4.10. The molecule has 0 saturated carbocycles. The van der Waals surface area contributed by atoms with Gasteiger partial charge >= 0.3 is 0 Å². The Morgan fingerprint density at radius 2 is 2.20 bits per heavy atom. The summed E-state index contributed by atoms with van der Waals surface area (Å²) < 4.78 is 5.35. The van der Waals surface area contributed by atoms with Crippen molar-refractivity contribution in [1.82, 2.24) is 15.5 Å². The maximum atomic E-state index is 11.0. The molecule has 1 saturated heterocycles. The Hall–Kier alpha value is -1.55. The molecule has 4 N–H and O–H groups in total. The van der Waals surface area contributed by atoms with E-state index < -0.39 is 5.91 Å². The van der Waals surface area contributed by atoms with E-state index in [9.17, 15) is 4.79 Å². The standard InChI is InChI=1S/C17H27N5O2.HI/c1-3-9-22-10-7-13(8-11-22)21-17(19-4-2)20-12-14-5-6-15(24-14)16(18)23;/h3,5-6,13H,1,4,7-12H2,2H3,(H2,18,23)(H2,19,20,21);1H. The summed E-state index contributed by atoms with van der Waals surface area (Å²) in [7, 11) is 0. The largest absolute Gasteiger partial charge is 0.454 e. The number of nitrogens with zero attached hydrogens (tertiary/aromatic N) is 2. The van der Waals surface area contributed by atoms with Crippen LogP contribution in [0.2, 0.25) is 0 Å². The van der Waals surface area contributed by atoms with Crippen LogP contribution in [0.4, 0.5) is 0 Å². The number of primary amides is 1. The average molecular weight is 461 g/mol. The summed E-state index contributed by atoms with van der Waals surface area (Å²) in [5, 5.41) is 6.71. The Kier molecular flexibility index (Phi) is 9.58. The Morgan fingerprint density at radius 1 is 1.48 bits per heavy atom. The molecule has 0 radical (unpaired) electrons. The molecule has 8 heteroatoms. The number of carbonyl (C=O) groups excluding carboxylic acids is 1. The van der Waals surface area contributed by atoms with E-state index in [1.807, 2.05) is 13.0 Å². The second kappa shape index (κ2) is 11.1. The fourth-order valence-electron chi connectivity index (χ4n) is 2.71. The number of halogens is 1. The lowest BCUT2D eigenvalue weighted by molar-refractivity contribution is 0.0972. The normalized spacial score (nSPS) is 16.1. The highest BCUT2D eigenvalue weighted by Crippen LogP contribution is 2.11. The first kappa shape index (κ1) is 21.5. The van der Waals surface area contributed by atoms with E-state index in [0.29, 0.717) is 18.3 Å². The van der Waals surface area contributed by atoms with Crippen molar-refractivity contribution >= 4 is 35.8 Å². The minimum atomic E-state index is -0.568. The third-order valence-corrected chi connectivity index (χ3v) is 3.96. The zero-order valence-corrected chi connectivity index (χ0v) is 17.0. The van der Waals surface area contributed by atoms with Gasteiger partial charge in [-0.05, 0) is 31.9 Å². The molecule has 1 aromatic rings. The fourth-order valence-corrected chi connectivity index (χ4v) is 2.71. The molecular weight excluding hydrogens is 433 g/mol. The zero-order valence-electron chi connectivity index (χ0n) is 14.7. The lowest BCUT2D eigenvalue weighted by Crippen LogP contribution is -2.48. The van der Waals surface area contributed by atoms with E-state index in [0.717, 1.165) is 45.0 Å². The van der Waals surface area contributed by atoms with Gasteiger partial charge in [0.2, 0.25) is 0 Å². The first-order chi connectivity index (χ1) is 11.6. The van der Waals surface area contributed by atoms with Gasteiger partial charge in [0.05, 0.1) is 0 Å². The van der Waals surface area contributed by atoms with Gasteiger partial charge in [-0.1, -0.05) is 6.08 Å². The average Bonchev–Trinajstić information content (AvgIpc) is 3.04. The summed E-state index contributed by atoms with van der Waals surface area (Å²) in [6, 6.07) is 3.70. The molecule has 1 aliphatic rings. The van der Waals surface area contributed by atoms with Gasteiger partial charge in [0.15, 0.2) is 11.7 Å². The number of hydrogen-bond acceptors (Lipinski definition) is 4. The molecule has 0 bridgehead atoms. The Bertz CT molecular complexity index is 579. The van der Waals surface area contributed by atoms with Gasteiger partial charge in [-0.2, -0.15) is 0 Å². The number of piperidine rings is 1. The summed E-state index contributed by atoms with van der Waals surface area (Å²) >= 11 is 0. The molecule has 140 valence electrons. The molecule has 1 aromatic heterocycles. The number of nitrogens with two attached hydrogens (primary N) is 1. The minimum absolute atomic E-state index is 0. The SMILES string of the molecule is C=CCN1CCC(NC(=NCc2ccc(C(N)=O)o2)NCC)CC1.I. The van der Waals surface area contributed by atoms with Gasteiger partial charge in [-0.25, -0.2) is 4.99 Å². The predicted octanol–water partition coefficient (Wildman–Crippen LogP) is 1.70. The predicted molar refractivity (Wildman–Crippen MR) is 110 cm³/mol. The molecule has 1 fully saturated rings. The summed E-state index contributed by atoms with van der Waals surface area (Å²) in [6.45, 7) is 10.0. The highest BCUT2D eigenvalue weighted by Gasteiger charge is 2.19. The van der Waals surface area contributed by atoms with Crippen molar-refractivity contribution in [2.75, 3.05) is 26.2 Å². The molecule has 1 amide bonds. The highest BCUT2D eigenvalue weighted by molar-refractivity contribution is 14.0. The molecule has 0 unspecified atom stereocenters. The van der Waals surface area contributed by atoms with E-state index in [2.05, 4.69) is 27.1 Å². The lowest BCUT2D eigenvalue weighted by atomic mass is 10.1. The van der Waals surface area contributed by atoms with E-state index in [4.69, 9.17) is 10.2 Å². The minimum Gasteiger partial charge on any atom is -0.454 e. The number of carbonyl (C=O) groups is 1. The number of rotatable bonds is 7. The third kappa shape index (κ3) is 7.07. The van der Waals surface area contributed by atoms with Crippen LogP contribution >= 0.6 is 24.0 Å². The Labute approximate surface area is 166 Å². The van der Waals surface area contributed by atoms with Crippen LogP contribution in [0.5, 0.6) is 0 Å². The van der Waals surface area contributed by atoms with Gasteiger partial charge in [0, 0.05) is 32.2 Å². The van der Waals surface area contributed by atoms with Crippen molar-refractivity contribution in [3.63, 3.8) is 0 Å². The van der Waals surface area contributed by atoms with Gasteiger partial charge in [-0.15, -0.1) is 30.6 Å². The van der Waals surface area contributed by atoms with Crippen molar-refractivity contribution in [3.05, 3.63) is 36.3 Å². The van der Waals surface area contributed by atoms with Crippen molar-refractivity contribution in [2.24, 2.45) is 10.7 Å². The molecule has 0 aromatic carbocycles.